The smallest absolute Gasteiger partial charge is 0.357 e. The Morgan fingerprint density at radius 3 is 2.52 bits per heavy atom. The van der Waals surface area contributed by atoms with E-state index in [1.54, 1.807) is 24.3 Å². The molecule has 0 aliphatic carbocycles. The van der Waals surface area contributed by atoms with E-state index in [0.717, 1.165) is 6.08 Å². The summed E-state index contributed by atoms with van der Waals surface area (Å²) in [6, 6.07) is 8.63. The van der Waals surface area contributed by atoms with Gasteiger partial charge in [0, 0.05) is 18.0 Å². The van der Waals surface area contributed by atoms with Crippen LogP contribution in [-0.2, 0) is 9.53 Å². The van der Waals surface area contributed by atoms with Gasteiger partial charge < -0.3 is 20.1 Å². The van der Waals surface area contributed by atoms with Crippen LogP contribution in [0.25, 0.3) is 11.8 Å². The van der Waals surface area contributed by atoms with Crippen LogP contribution in [0.5, 0.6) is 0 Å². The third-order valence-corrected chi connectivity index (χ3v) is 3.13. The van der Waals surface area contributed by atoms with E-state index in [9.17, 15) is 9.59 Å². The van der Waals surface area contributed by atoms with Crippen molar-refractivity contribution in [3.8, 4) is 11.8 Å². The van der Waals surface area contributed by atoms with Gasteiger partial charge in [0.05, 0.1) is 18.4 Å². The summed E-state index contributed by atoms with van der Waals surface area (Å²) in [5.41, 5.74) is 7.37. The second-order valence-corrected chi connectivity index (χ2v) is 4.54. The lowest BCUT2D eigenvalue weighted by Crippen LogP contribution is -2.11. The van der Waals surface area contributed by atoms with Gasteiger partial charge in [-0.1, -0.05) is 12.1 Å². The first kappa shape index (κ1) is 15.9. The quantitative estimate of drug-likeness (QED) is 0.656. The SMILES string of the molecule is COC(=O)c1c(N)c(C#N)cn1-c1ccc(C=CC(=O)O)cc1. The lowest BCUT2D eigenvalue weighted by Gasteiger charge is -2.08. The van der Waals surface area contributed by atoms with Gasteiger partial charge in [0.2, 0.25) is 0 Å². The van der Waals surface area contributed by atoms with Crippen LogP contribution in [0.3, 0.4) is 0 Å². The molecule has 0 bridgehead atoms. The number of ether oxygens (including phenoxy) is 1. The van der Waals surface area contributed by atoms with Gasteiger partial charge in [-0.25, -0.2) is 9.59 Å². The Morgan fingerprint density at radius 2 is 2.00 bits per heavy atom. The van der Waals surface area contributed by atoms with Crippen LogP contribution in [0.1, 0.15) is 21.6 Å². The first-order chi connectivity index (χ1) is 11.0. The Hall–Kier alpha value is -3.53. The summed E-state index contributed by atoms with van der Waals surface area (Å²) in [7, 11) is 1.23. The molecule has 0 aliphatic heterocycles. The second-order valence-electron chi connectivity index (χ2n) is 4.54. The number of hydrogen-bond acceptors (Lipinski definition) is 5. The Labute approximate surface area is 131 Å². The molecule has 0 amide bonds. The minimum Gasteiger partial charge on any atom is -0.478 e. The van der Waals surface area contributed by atoms with E-state index in [2.05, 4.69) is 0 Å². The van der Waals surface area contributed by atoms with Crippen molar-refractivity contribution in [2.45, 2.75) is 0 Å². The van der Waals surface area contributed by atoms with Crippen molar-refractivity contribution < 1.29 is 19.4 Å². The molecule has 0 saturated carbocycles. The molecule has 23 heavy (non-hydrogen) atoms. The Morgan fingerprint density at radius 1 is 1.35 bits per heavy atom. The molecule has 116 valence electrons. The number of nitrogens with zero attached hydrogens (tertiary/aromatic N) is 2. The molecule has 0 spiro atoms. The molecule has 0 fully saturated rings. The number of benzene rings is 1. The molecule has 3 N–H and O–H groups in total. The maximum absolute atomic E-state index is 11.9. The van der Waals surface area contributed by atoms with E-state index >= 15 is 0 Å². The van der Waals surface area contributed by atoms with Gasteiger partial charge in [-0.15, -0.1) is 0 Å². The number of nitrogens with two attached hydrogens (primary N) is 1. The molecule has 0 atom stereocenters. The summed E-state index contributed by atoms with van der Waals surface area (Å²) in [5, 5.41) is 17.7. The molecule has 1 heterocycles. The van der Waals surface area contributed by atoms with E-state index in [4.69, 9.17) is 20.8 Å². The molecule has 2 rings (SSSR count). The van der Waals surface area contributed by atoms with E-state index in [1.165, 1.54) is 23.9 Å². The number of nitriles is 1. The number of carbonyl (C=O) groups is 2. The van der Waals surface area contributed by atoms with Crippen LogP contribution in [-0.4, -0.2) is 28.7 Å². The van der Waals surface area contributed by atoms with Crippen molar-refractivity contribution in [2.24, 2.45) is 0 Å². The summed E-state index contributed by atoms with van der Waals surface area (Å²) in [6.07, 6.45) is 3.91. The zero-order valence-electron chi connectivity index (χ0n) is 12.2. The van der Waals surface area contributed by atoms with E-state index in [0.29, 0.717) is 11.3 Å². The maximum Gasteiger partial charge on any atom is 0.357 e. The van der Waals surface area contributed by atoms with Gasteiger partial charge in [-0.2, -0.15) is 5.26 Å². The molecule has 0 unspecified atom stereocenters. The van der Waals surface area contributed by atoms with Gasteiger partial charge in [-0.3, -0.25) is 0 Å². The van der Waals surface area contributed by atoms with Gasteiger partial charge in [0.1, 0.15) is 6.07 Å². The van der Waals surface area contributed by atoms with Crippen LogP contribution in [0.2, 0.25) is 0 Å². The van der Waals surface area contributed by atoms with Crippen LogP contribution in [0.15, 0.2) is 36.5 Å². The average molecular weight is 311 g/mol. The number of methoxy groups -OCH3 is 1. The van der Waals surface area contributed by atoms with Crippen molar-refractivity contribution in [3.63, 3.8) is 0 Å². The van der Waals surface area contributed by atoms with Gasteiger partial charge in [-0.05, 0) is 23.8 Å². The third kappa shape index (κ3) is 3.22. The first-order valence-corrected chi connectivity index (χ1v) is 6.48. The monoisotopic (exact) mass is 311 g/mol. The predicted molar refractivity (Wildman–Crippen MR) is 82.9 cm³/mol. The van der Waals surface area contributed by atoms with Gasteiger partial charge in [0.15, 0.2) is 5.69 Å². The number of rotatable bonds is 4. The summed E-state index contributed by atoms with van der Waals surface area (Å²) in [5.74, 6) is -1.70. The number of carboxylic acids is 1. The van der Waals surface area contributed by atoms with Crippen molar-refractivity contribution in [3.05, 3.63) is 53.4 Å². The number of anilines is 1. The highest BCUT2D eigenvalue weighted by Crippen LogP contribution is 2.25. The minimum absolute atomic E-state index is 0.0502. The predicted octanol–water partition coefficient (Wildman–Crippen LogP) is 1.82. The number of hydrogen-bond donors (Lipinski definition) is 2. The molecular formula is C16H13N3O4. The molecule has 0 aliphatic rings. The van der Waals surface area contributed by atoms with Crippen LogP contribution >= 0.6 is 0 Å². The molecular weight excluding hydrogens is 298 g/mol. The van der Waals surface area contributed by atoms with E-state index in [-0.39, 0.29) is 16.9 Å². The Balaban J connectivity index is 2.48. The Kier molecular flexibility index (Phi) is 4.47. The normalized spacial score (nSPS) is 10.4. The van der Waals surface area contributed by atoms with Crippen LogP contribution in [0.4, 0.5) is 5.69 Å². The maximum atomic E-state index is 11.9. The number of carbonyl (C=O) groups excluding carboxylic acids is 1. The molecule has 0 radical (unpaired) electrons. The number of aromatic nitrogens is 1. The second kappa shape index (κ2) is 6.49. The zero-order chi connectivity index (χ0) is 17.0. The van der Waals surface area contributed by atoms with E-state index in [1.807, 2.05) is 6.07 Å². The fraction of sp³-hybridized carbons (Fsp3) is 0.0625. The number of esters is 1. The minimum atomic E-state index is -1.04. The summed E-state index contributed by atoms with van der Waals surface area (Å²) in [4.78, 5) is 22.4. The van der Waals surface area contributed by atoms with Crippen molar-refractivity contribution in [1.29, 1.82) is 5.26 Å². The lowest BCUT2D eigenvalue weighted by molar-refractivity contribution is -0.131. The van der Waals surface area contributed by atoms with Crippen LogP contribution in [0, 0.1) is 11.3 Å². The van der Waals surface area contributed by atoms with E-state index < -0.39 is 11.9 Å². The van der Waals surface area contributed by atoms with Crippen molar-refractivity contribution in [1.82, 2.24) is 4.57 Å². The highest BCUT2D eigenvalue weighted by Gasteiger charge is 2.21. The molecule has 1 aromatic heterocycles. The number of aliphatic carboxylic acids is 1. The summed E-state index contributed by atoms with van der Waals surface area (Å²) < 4.78 is 6.16. The molecule has 1 aromatic carbocycles. The van der Waals surface area contributed by atoms with Crippen LogP contribution < -0.4 is 5.73 Å². The number of carboxylic acid groups (broad SMARTS) is 1. The average Bonchev–Trinajstić information content (AvgIpc) is 2.89. The highest BCUT2D eigenvalue weighted by molar-refractivity contribution is 5.96. The Bertz CT molecular complexity index is 826. The standard InChI is InChI=1S/C16H13N3O4/c1-23-16(22)15-14(18)11(8-17)9-19(15)12-5-2-10(3-6-12)4-7-13(20)21/h2-7,9H,18H2,1H3,(H,20,21). The summed E-state index contributed by atoms with van der Waals surface area (Å²) >= 11 is 0. The molecule has 0 saturated heterocycles. The molecule has 7 heteroatoms. The fourth-order valence-electron chi connectivity index (χ4n) is 2.03. The highest BCUT2D eigenvalue weighted by atomic mass is 16.5. The molecule has 7 nitrogen and oxygen atoms in total. The summed E-state index contributed by atoms with van der Waals surface area (Å²) in [6.45, 7) is 0. The topological polar surface area (TPSA) is 118 Å². The van der Waals surface area contributed by atoms with Gasteiger partial charge >= 0.3 is 11.9 Å². The first-order valence-electron chi connectivity index (χ1n) is 6.48. The largest absolute Gasteiger partial charge is 0.478 e. The fourth-order valence-corrected chi connectivity index (χ4v) is 2.03. The lowest BCUT2D eigenvalue weighted by atomic mass is 10.2. The third-order valence-electron chi connectivity index (χ3n) is 3.13. The van der Waals surface area contributed by atoms with Crippen molar-refractivity contribution in [2.75, 3.05) is 12.8 Å². The molecule has 2 aromatic rings. The van der Waals surface area contributed by atoms with Gasteiger partial charge in [0.25, 0.3) is 0 Å². The van der Waals surface area contributed by atoms with Crippen molar-refractivity contribution >= 4 is 23.7 Å². The number of nitrogen functional groups attached to an aromatic ring is 1. The zero-order valence-corrected chi connectivity index (χ0v) is 12.2.